The van der Waals surface area contributed by atoms with E-state index in [4.69, 9.17) is 4.74 Å². The Morgan fingerprint density at radius 1 is 1.29 bits per heavy atom. The normalized spacial score (nSPS) is 22.9. The molecule has 21 heavy (non-hydrogen) atoms. The van der Waals surface area contributed by atoms with Gasteiger partial charge in [0.05, 0.1) is 0 Å². The molecule has 1 rings (SSSR count). The highest BCUT2D eigenvalue weighted by Gasteiger charge is 2.28. The number of carbonyl (C=O) groups excluding carboxylic acids is 1. The number of hydrogen-bond donors (Lipinski definition) is 1. The summed E-state index contributed by atoms with van der Waals surface area (Å²) in [6.45, 7) is 6.84. The minimum atomic E-state index is -0.415. The summed E-state index contributed by atoms with van der Waals surface area (Å²) in [5, 5.41) is 3.64. The molecule has 1 N–H and O–H groups in total. The van der Waals surface area contributed by atoms with Crippen LogP contribution in [0.4, 0.5) is 4.79 Å². The van der Waals surface area contributed by atoms with E-state index in [0.717, 1.165) is 32.2 Å². The lowest BCUT2D eigenvalue weighted by Gasteiger charge is -2.35. The molecule has 0 bridgehead atoms. The second kappa shape index (κ2) is 8.89. The maximum absolute atomic E-state index is 12.1. The first-order valence-electron chi connectivity index (χ1n) is 8.01. The smallest absolute Gasteiger partial charge is 0.410 e. The van der Waals surface area contributed by atoms with E-state index < -0.39 is 5.60 Å². The highest BCUT2D eigenvalue weighted by Crippen LogP contribution is 2.23. The minimum Gasteiger partial charge on any atom is -0.444 e. The molecule has 0 saturated heterocycles. The third-order valence-corrected chi connectivity index (χ3v) is 4.58. The Morgan fingerprint density at radius 3 is 2.43 bits per heavy atom. The van der Waals surface area contributed by atoms with Crippen LogP contribution >= 0.6 is 11.8 Å². The number of thioether (sulfide) groups is 1. The first kappa shape index (κ1) is 18.6. The second-order valence-electron chi connectivity index (χ2n) is 6.90. The van der Waals surface area contributed by atoms with Crippen molar-refractivity contribution in [2.45, 2.75) is 70.6 Å². The van der Waals surface area contributed by atoms with E-state index in [2.05, 4.69) is 11.6 Å². The van der Waals surface area contributed by atoms with Gasteiger partial charge in [0.15, 0.2) is 0 Å². The molecular formula is C16H32N2O2S. The molecule has 0 heterocycles. The monoisotopic (exact) mass is 316 g/mol. The van der Waals surface area contributed by atoms with Crippen LogP contribution in [0.5, 0.6) is 0 Å². The Balaban J connectivity index is 2.27. The first-order valence-corrected chi connectivity index (χ1v) is 9.41. The van der Waals surface area contributed by atoms with Crippen LogP contribution in [0.3, 0.4) is 0 Å². The van der Waals surface area contributed by atoms with E-state index in [1.165, 1.54) is 12.2 Å². The van der Waals surface area contributed by atoms with Gasteiger partial charge < -0.3 is 15.0 Å². The largest absolute Gasteiger partial charge is 0.444 e. The molecule has 4 nitrogen and oxygen atoms in total. The van der Waals surface area contributed by atoms with Gasteiger partial charge >= 0.3 is 6.09 Å². The Bertz CT molecular complexity index is 310. The second-order valence-corrected chi connectivity index (χ2v) is 7.88. The van der Waals surface area contributed by atoms with E-state index in [1.54, 1.807) is 4.90 Å². The highest BCUT2D eigenvalue weighted by molar-refractivity contribution is 7.98. The van der Waals surface area contributed by atoms with E-state index >= 15 is 0 Å². The predicted octanol–water partition coefficient (Wildman–Crippen LogP) is 3.51. The van der Waals surface area contributed by atoms with Gasteiger partial charge in [0.1, 0.15) is 5.60 Å². The van der Waals surface area contributed by atoms with E-state index in [1.807, 2.05) is 39.6 Å². The predicted molar refractivity (Wildman–Crippen MR) is 91.0 cm³/mol. The zero-order valence-corrected chi connectivity index (χ0v) is 15.1. The van der Waals surface area contributed by atoms with Crippen LogP contribution in [0.15, 0.2) is 0 Å². The van der Waals surface area contributed by atoms with E-state index in [9.17, 15) is 4.79 Å². The average molecular weight is 317 g/mol. The molecular weight excluding hydrogens is 284 g/mol. The molecule has 5 heteroatoms. The lowest BCUT2D eigenvalue weighted by atomic mass is 9.90. The Hall–Kier alpha value is -0.420. The fourth-order valence-electron chi connectivity index (χ4n) is 2.67. The number of nitrogens with one attached hydrogen (secondary N) is 1. The number of ether oxygens (including phenoxy) is 1. The van der Waals surface area contributed by atoms with Crippen molar-refractivity contribution in [1.82, 2.24) is 10.2 Å². The van der Waals surface area contributed by atoms with Crippen LogP contribution in [0.1, 0.15) is 52.9 Å². The molecule has 0 spiro atoms. The molecule has 0 aromatic heterocycles. The third-order valence-electron chi connectivity index (χ3n) is 3.88. The summed E-state index contributed by atoms with van der Waals surface area (Å²) in [5.41, 5.74) is -0.415. The molecule has 0 unspecified atom stereocenters. The van der Waals surface area contributed by atoms with Crippen LogP contribution in [0.25, 0.3) is 0 Å². The minimum absolute atomic E-state index is 0.195. The van der Waals surface area contributed by atoms with Gasteiger partial charge in [-0.05, 0) is 71.4 Å². The lowest BCUT2D eigenvalue weighted by Crippen LogP contribution is -2.45. The summed E-state index contributed by atoms with van der Waals surface area (Å²) >= 11 is 1.90. The van der Waals surface area contributed by atoms with Crippen molar-refractivity contribution >= 4 is 17.9 Å². The number of amides is 1. The summed E-state index contributed by atoms with van der Waals surface area (Å²) in [6.07, 6.45) is 7.62. The first-order chi connectivity index (χ1) is 9.83. The van der Waals surface area contributed by atoms with E-state index in [-0.39, 0.29) is 6.09 Å². The molecule has 124 valence electrons. The molecule has 1 fully saturated rings. The summed E-state index contributed by atoms with van der Waals surface area (Å²) in [7, 11) is 1.87. The van der Waals surface area contributed by atoms with Crippen molar-refractivity contribution in [1.29, 1.82) is 0 Å². The molecule has 1 aliphatic carbocycles. The average Bonchev–Trinajstić information content (AvgIpc) is 2.41. The molecule has 0 atom stereocenters. The van der Waals surface area contributed by atoms with Gasteiger partial charge in [0, 0.05) is 19.1 Å². The topological polar surface area (TPSA) is 41.6 Å². The van der Waals surface area contributed by atoms with Gasteiger partial charge in [-0.25, -0.2) is 4.79 Å². The van der Waals surface area contributed by atoms with Crippen molar-refractivity contribution < 1.29 is 9.53 Å². The van der Waals surface area contributed by atoms with Crippen molar-refractivity contribution in [3.05, 3.63) is 0 Å². The summed E-state index contributed by atoms with van der Waals surface area (Å²) in [4.78, 5) is 13.9. The SMILES string of the molecule is CSCCCNC1CCC(N(C)C(=O)OC(C)(C)C)CC1. The third kappa shape index (κ3) is 7.41. The van der Waals surface area contributed by atoms with Crippen LogP contribution in [-0.2, 0) is 4.74 Å². The van der Waals surface area contributed by atoms with Crippen molar-refractivity contribution in [2.75, 3.05) is 25.6 Å². The molecule has 1 saturated carbocycles. The molecule has 0 radical (unpaired) electrons. The maximum atomic E-state index is 12.1. The molecule has 1 amide bonds. The van der Waals surface area contributed by atoms with Gasteiger partial charge in [0.2, 0.25) is 0 Å². The number of carbonyl (C=O) groups is 1. The Kier molecular flexibility index (Phi) is 7.88. The molecule has 0 aromatic rings. The van der Waals surface area contributed by atoms with Crippen LogP contribution in [0.2, 0.25) is 0 Å². The summed E-state index contributed by atoms with van der Waals surface area (Å²) < 4.78 is 5.44. The zero-order valence-electron chi connectivity index (χ0n) is 14.3. The fraction of sp³-hybridized carbons (Fsp3) is 0.938. The van der Waals surface area contributed by atoms with Crippen LogP contribution in [-0.4, -0.2) is 54.3 Å². The highest BCUT2D eigenvalue weighted by atomic mass is 32.2. The van der Waals surface area contributed by atoms with E-state index in [0.29, 0.717) is 12.1 Å². The van der Waals surface area contributed by atoms with Crippen molar-refractivity contribution in [3.63, 3.8) is 0 Å². The quantitative estimate of drug-likeness (QED) is 0.762. The van der Waals surface area contributed by atoms with Crippen molar-refractivity contribution in [3.8, 4) is 0 Å². The fourth-order valence-corrected chi connectivity index (χ4v) is 3.11. The van der Waals surface area contributed by atoms with Crippen LogP contribution in [0, 0.1) is 0 Å². The van der Waals surface area contributed by atoms with Crippen LogP contribution < -0.4 is 5.32 Å². The lowest BCUT2D eigenvalue weighted by molar-refractivity contribution is 0.0179. The van der Waals surface area contributed by atoms with Gasteiger partial charge in [0.25, 0.3) is 0 Å². The van der Waals surface area contributed by atoms with Gasteiger partial charge in [-0.15, -0.1) is 0 Å². The molecule has 0 aromatic carbocycles. The molecule has 1 aliphatic rings. The summed E-state index contributed by atoms with van der Waals surface area (Å²) in [6, 6.07) is 0.944. The Labute approximate surface area is 134 Å². The standard InChI is InChI=1S/C16H32N2O2S/c1-16(2,3)20-15(19)18(4)14-9-7-13(8-10-14)17-11-6-12-21-5/h13-14,17H,6-12H2,1-5H3. The Morgan fingerprint density at radius 2 is 1.90 bits per heavy atom. The van der Waals surface area contributed by atoms with Crippen molar-refractivity contribution in [2.24, 2.45) is 0 Å². The van der Waals surface area contributed by atoms with Gasteiger partial charge in [-0.3, -0.25) is 0 Å². The number of hydrogen-bond acceptors (Lipinski definition) is 4. The maximum Gasteiger partial charge on any atom is 0.410 e. The summed E-state index contributed by atoms with van der Waals surface area (Å²) in [5.74, 6) is 1.23. The zero-order chi connectivity index (χ0) is 15.9. The number of nitrogens with zero attached hydrogens (tertiary/aromatic N) is 1. The van der Waals surface area contributed by atoms with Gasteiger partial charge in [-0.1, -0.05) is 0 Å². The molecule has 0 aliphatic heterocycles. The number of rotatable bonds is 6. The van der Waals surface area contributed by atoms with Gasteiger partial charge in [-0.2, -0.15) is 11.8 Å².